The molecule has 7 heteroatoms. The molecular formula is C13H15Cl2N3O2. The molecule has 108 valence electrons. The summed E-state index contributed by atoms with van der Waals surface area (Å²) < 4.78 is -0.991. The lowest BCUT2D eigenvalue weighted by Crippen LogP contribution is -2.45. The Labute approximate surface area is 127 Å². The predicted molar refractivity (Wildman–Crippen MR) is 78.5 cm³/mol. The second kappa shape index (κ2) is 5.89. The summed E-state index contributed by atoms with van der Waals surface area (Å²) in [5.74, 6) is -1.19. The molecule has 1 atom stereocenters. The smallest absolute Gasteiger partial charge is 0.257 e. The summed E-state index contributed by atoms with van der Waals surface area (Å²) in [5, 5.41) is 2.94. The van der Waals surface area contributed by atoms with Crippen molar-refractivity contribution in [3.8, 4) is 0 Å². The predicted octanol–water partition coefficient (Wildman–Crippen LogP) is 1.75. The molecule has 1 saturated carbocycles. The third kappa shape index (κ3) is 4.02. The van der Waals surface area contributed by atoms with Crippen molar-refractivity contribution in [1.29, 1.82) is 0 Å². The van der Waals surface area contributed by atoms with E-state index in [0.29, 0.717) is 6.42 Å². The second-order valence-electron chi connectivity index (χ2n) is 4.77. The van der Waals surface area contributed by atoms with Crippen molar-refractivity contribution in [3.05, 3.63) is 29.8 Å². The molecule has 1 aliphatic carbocycles. The van der Waals surface area contributed by atoms with Crippen molar-refractivity contribution < 1.29 is 9.59 Å². The van der Waals surface area contributed by atoms with Gasteiger partial charge in [-0.1, -0.05) is 17.7 Å². The number of hydrazine groups is 1. The lowest BCUT2D eigenvalue weighted by molar-refractivity contribution is -0.128. The highest BCUT2D eigenvalue weighted by molar-refractivity contribution is 6.52. The molecule has 0 bridgehead atoms. The number of nitrogens with one attached hydrogen (secondary N) is 3. The zero-order valence-electron chi connectivity index (χ0n) is 10.9. The molecule has 0 aliphatic heterocycles. The molecule has 0 aromatic heterocycles. The molecule has 2 amide bonds. The molecule has 5 nitrogen and oxygen atoms in total. The Morgan fingerprint density at radius 3 is 2.40 bits per heavy atom. The van der Waals surface area contributed by atoms with Crippen LogP contribution in [-0.4, -0.2) is 22.7 Å². The number of carbonyl (C=O) groups excluding carboxylic acids is 2. The number of amides is 2. The van der Waals surface area contributed by atoms with E-state index in [9.17, 15) is 9.59 Å². The van der Waals surface area contributed by atoms with E-state index in [-0.39, 0.29) is 18.4 Å². The van der Waals surface area contributed by atoms with E-state index in [1.165, 1.54) is 0 Å². The van der Waals surface area contributed by atoms with Gasteiger partial charge in [0.1, 0.15) is 4.33 Å². The van der Waals surface area contributed by atoms with Gasteiger partial charge >= 0.3 is 0 Å². The van der Waals surface area contributed by atoms with Crippen LogP contribution in [-0.2, 0) is 9.59 Å². The first kappa shape index (κ1) is 14.9. The highest BCUT2D eigenvalue weighted by Crippen LogP contribution is 2.53. The van der Waals surface area contributed by atoms with Crippen molar-refractivity contribution in [3.63, 3.8) is 0 Å². The number of carbonyl (C=O) groups is 2. The minimum absolute atomic E-state index is 0.0564. The number of alkyl halides is 2. The maximum Gasteiger partial charge on any atom is 0.257 e. The lowest BCUT2D eigenvalue weighted by Gasteiger charge is -2.09. The van der Waals surface area contributed by atoms with Crippen LogP contribution in [0.5, 0.6) is 0 Å². The van der Waals surface area contributed by atoms with Crippen LogP contribution >= 0.6 is 23.2 Å². The van der Waals surface area contributed by atoms with E-state index >= 15 is 0 Å². The van der Waals surface area contributed by atoms with Crippen molar-refractivity contribution >= 4 is 40.7 Å². The summed E-state index contributed by atoms with van der Waals surface area (Å²) in [6.07, 6.45) is 0.402. The Morgan fingerprint density at radius 1 is 1.25 bits per heavy atom. The van der Waals surface area contributed by atoms with Crippen LogP contribution < -0.4 is 16.2 Å². The van der Waals surface area contributed by atoms with E-state index in [2.05, 4.69) is 16.2 Å². The Bertz CT molecular complexity index is 517. The summed E-state index contributed by atoms with van der Waals surface area (Å²) >= 11 is 11.5. The molecule has 3 N–H and O–H groups in total. The molecule has 20 heavy (non-hydrogen) atoms. The highest BCUT2D eigenvalue weighted by atomic mass is 35.5. The first-order valence-corrected chi connectivity index (χ1v) is 6.91. The van der Waals surface area contributed by atoms with Gasteiger partial charge in [-0.25, -0.2) is 0 Å². The van der Waals surface area contributed by atoms with Crippen molar-refractivity contribution in [2.24, 2.45) is 5.92 Å². The van der Waals surface area contributed by atoms with Crippen molar-refractivity contribution in [2.75, 3.05) is 11.9 Å². The third-order valence-electron chi connectivity index (χ3n) is 2.97. The van der Waals surface area contributed by atoms with Crippen LogP contribution in [0.4, 0.5) is 5.69 Å². The van der Waals surface area contributed by atoms with Crippen LogP contribution in [0.25, 0.3) is 0 Å². The normalized spacial score (nSPS) is 19.1. The molecule has 2 rings (SSSR count). The van der Waals surface area contributed by atoms with Gasteiger partial charge in [-0.05, 0) is 25.5 Å². The van der Waals surface area contributed by atoms with Gasteiger partial charge in [-0.15, -0.1) is 23.2 Å². The first-order chi connectivity index (χ1) is 9.38. The molecule has 1 aliphatic rings. The summed E-state index contributed by atoms with van der Waals surface area (Å²) in [7, 11) is 0. The topological polar surface area (TPSA) is 70.2 Å². The van der Waals surface area contributed by atoms with Gasteiger partial charge in [0, 0.05) is 5.69 Å². The molecule has 0 unspecified atom stereocenters. The van der Waals surface area contributed by atoms with Gasteiger partial charge in [0.05, 0.1) is 12.5 Å². The average Bonchev–Trinajstić information content (AvgIpc) is 3.04. The van der Waals surface area contributed by atoms with Gasteiger partial charge in [0.15, 0.2) is 0 Å². The third-order valence-corrected chi connectivity index (χ3v) is 3.81. The molecule has 0 heterocycles. The van der Waals surface area contributed by atoms with Gasteiger partial charge in [0.25, 0.3) is 5.91 Å². The Morgan fingerprint density at radius 2 is 1.85 bits per heavy atom. The van der Waals surface area contributed by atoms with Crippen LogP contribution in [0.3, 0.4) is 0 Å². The number of hydrogen-bond donors (Lipinski definition) is 3. The first-order valence-electron chi connectivity index (χ1n) is 6.15. The number of benzene rings is 1. The summed E-state index contributed by atoms with van der Waals surface area (Å²) in [6.45, 7) is 2.04. The van der Waals surface area contributed by atoms with E-state index in [0.717, 1.165) is 11.3 Å². The molecule has 1 aromatic rings. The molecule has 0 saturated heterocycles. The standard InChI is InChI=1S/C13H15Cl2N3O2/c1-8-2-4-9(5-3-8)16-7-11(19)17-18-12(20)10-6-13(10,14)15/h2-5,10,16H,6-7H2,1H3,(H,17,19)(H,18,20)/t10-/m0/s1. The minimum atomic E-state index is -0.991. The summed E-state index contributed by atoms with van der Waals surface area (Å²) in [6, 6.07) is 7.63. The van der Waals surface area contributed by atoms with Crippen LogP contribution in [0.2, 0.25) is 0 Å². The summed E-state index contributed by atoms with van der Waals surface area (Å²) in [5.41, 5.74) is 6.58. The molecular weight excluding hydrogens is 301 g/mol. The van der Waals surface area contributed by atoms with E-state index in [4.69, 9.17) is 23.2 Å². The van der Waals surface area contributed by atoms with E-state index in [1.54, 1.807) is 0 Å². The average molecular weight is 316 g/mol. The molecule has 0 radical (unpaired) electrons. The quantitative estimate of drug-likeness (QED) is 0.585. The fraction of sp³-hybridized carbons (Fsp3) is 0.385. The zero-order chi connectivity index (χ0) is 14.8. The van der Waals surface area contributed by atoms with Gasteiger partial charge in [-0.2, -0.15) is 0 Å². The maximum absolute atomic E-state index is 11.5. The van der Waals surface area contributed by atoms with E-state index < -0.39 is 10.3 Å². The van der Waals surface area contributed by atoms with Gasteiger partial charge in [0.2, 0.25) is 5.91 Å². The Balaban J connectivity index is 1.68. The van der Waals surface area contributed by atoms with Crippen molar-refractivity contribution in [2.45, 2.75) is 17.7 Å². The SMILES string of the molecule is Cc1ccc(NCC(=O)NNC(=O)[C@@H]2CC2(Cl)Cl)cc1. The molecule has 1 fully saturated rings. The Hall–Kier alpha value is -1.46. The van der Waals surface area contributed by atoms with Crippen LogP contribution in [0.15, 0.2) is 24.3 Å². The maximum atomic E-state index is 11.5. The monoisotopic (exact) mass is 315 g/mol. The highest BCUT2D eigenvalue weighted by Gasteiger charge is 2.56. The van der Waals surface area contributed by atoms with Crippen LogP contribution in [0, 0.1) is 12.8 Å². The molecule has 1 aromatic carbocycles. The van der Waals surface area contributed by atoms with Crippen LogP contribution in [0.1, 0.15) is 12.0 Å². The number of halogens is 2. The Kier molecular flexibility index (Phi) is 4.40. The van der Waals surface area contributed by atoms with Gasteiger partial charge < -0.3 is 5.32 Å². The number of anilines is 1. The fourth-order valence-electron chi connectivity index (χ4n) is 1.61. The summed E-state index contributed by atoms with van der Waals surface area (Å²) in [4.78, 5) is 23.1. The van der Waals surface area contributed by atoms with Gasteiger partial charge in [-0.3, -0.25) is 20.4 Å². The second-order valence-corrected chi connectivity index (χ2v) is 6.32. The number of hydrogen-bond acceptors (Lipinski definition) is 3. The van der Waals surface area contributed by atoms with E-state index in [1.807, 2.05) is 31.2 Å². The fourth-order valence-corrected chi connectivity index (χ4v) is 2.12. The lowest BCUT2D eigenvalue weighted by atomic mass is 10.2. The minimum Gasteiger partial charge on any atom is -0.376 e. The largest absolute Gasteiger partial charge is 0.376 e. The molecule has 0 spiro atoms. The zero-order valence-corrected chi connectivity index (χ0v) is 12.4. The number of aryl methyl sites for hydroxylation is 1. The van der Waals surface area contributed by atoms with Crippen molar-refractivity contribution in [1.82, 2.24) is 10.9 Å². The number of rotatable bonds is 4.